The number of rotatable bonds is 8. The van der Waals surface area contributed by atoms with E-state index in [0.29, 0.717) is 0 Å². The standard InChI is InChI=1S/C13H21N3OS/c1-3-10-18-11-8-16-13(14-2)15-7-6-12-5-4-9-17-12/h3-5,9H,1,6-8,10-11H2,2H3,(H2,14,15,16). The van der Waals surface area contributed by atoms with Gasteiger partial charge in [-0.05, 0) is 12.1 Å². The van der Waals surface area contributed by atoms with Gasteiger partial charge in [0.2, 0.25) is 0 Å². The van der Waals surface area contributed by atoms with Crippen LogP contribution in [0.25, 0.3) is 0 Å². The molecule has 4 nitrogen and oxygen atoms in total. The third kappa shape index (κ3) is 6.39. The van der Waals surface area contributed by atoms with E-state index in [4.69, 9.17) is 4.42 Å². The molecule has 0 aromatic carbocycles. The van der Waals surface area contributed by atoms with Crippen molar-refractivity contribution < 1.29 is 4.42 Å². The fourth-order valence-electron chi connectivity index (χ4n) is 1.39. The predicted molar refractivity (Wildman–Crippen MR) is 79.3 cm³/mol. The first kappa shape index (κ1) is 14.7. The Balaban J connectivity index is 2.08. The van der Waals surface area contributed by atoms with E-state index in [1.54, 1.807) is 13.3 Å². The van der Waals surface area contributed by atoms with Crippen LogP contribution >= 0.6 is 11.8 Å². The summed E-state index contributed by atoms with van der Waals surface area (Å²) in [5.74, 6) is 3.86. The molecule has 1 rings (SSSR count). The van der Waals surface area contributed by atoms with Crippen molar-refractivity contribution >= 4 is 17.7 Å². The van der Waals surface area contributed by atoms with Crippen LogP contribution < -0.4 is 10.6 Å². The Bertz CT molecular complexity index is 349. The topological polar surface area (TPSA) is 49.6 Å². The van der Waals surface area contributed by atoms with Crippen molar-refractivity contribution in [2.75, 3.05) is 31.6 Å². The Morgan fingerprint density at radius 2 is 2.33 bits per heavy atom. The van der Waals surface area contributed by atoms with Crippen LogP contribution in [0, 0.1) is 0 Å². The maximum absolute atomic E-state index is 5.26. The lowest BCUT2D eigenvalue weighted by atomic mass is 10.3. The van der Waals surface area contributed by atoms with E-state index in [9.17, 15) is 0 Å². The zero-order valence-electron chi connectivity index (χ0n) is 10.8. The number of aliphatic imine (C=N–C) groups is 1. The van der Waals surface area contributed by atoms with Crippen molar-refractivity contribution in [3.05, 3.63) is 36.8 Å². The quantitative estimate of drug-likeness (QED) is 0.327. The lowest BCUT2D eigenvalue weighted by Gasteiger charge is -2.10. The molecule has 0 saturated heterocycles. The molecule has 0 aliphatic rings. The predicted octanol–water partition coefficient (Wildman–Crippen LogP) is 1.91. The van der Waals surface area contributed by atoms with Crippen LogP contribution in [0.4, 0.5) is 0 Å². The van der Waals surface area contributed by atoms with E-state index < -0.39 is 0 Å². The highest BCUT2D eigenvalue weighted by Crippen LogP contribution is 1.99. The molecule has 5 heteroatoms. The fraction of sp³-hybridized carbons (Fsp3) is 0.462. The van der Waals surface area contributed by atoms with E-state index in [1.807, 2.05) is 30.0 Å². The van der Waals surface area contributed by atoms with Crippen molar-refractivity contribution in [2.24, 2.45) is 4.99 Å². The molecule has 0 spiro atoms. The van der Waals surface area contributed by atoms with Crippen LogP contribution in [0.2, 0.25) is 0 Å². The summed E-state index contributed by atoms with van der Waals surface area (Å²) in [6.45, 7) is 5.40. The number of hydrogen-bond acceptors (Lipinski definition) is 3. The zero-order chi connectivity index (χ0) is 13.1. The molecule has 0 amide bonds. The molecule has 18 heavy (non-hydrogen) atoms. The van der Waals surface area contributed by atoms with Gasteiger partial charge in [-0.1, -0.05) is 6.08 Å². The van der Waals surface area contributed by atoms with Gasteiger partial charge in [0.05, 0.1) is 6.26 Å². The minimum Gasteiger partial charge on any atom is -0.469 e. The van der Waals surface area contributed by atoms with E-state index in [-0.39, 0.29) is 0 Å². The Hall–Kier alpha value is -1.36. The number of nitrogens with one attached hydrogen (secondary N) is 2. The summed E-state index contributed by atoms with van der Waals surface area (Å²) in [7, 11) is 1.78. The Labute approximate surface area is 113 Å². The largest absolute Gasteiger partial charge is 0.469 e. The summed E-state index contributed by atoms with van der Waals surface area (Å²) < 4.78 is 5.26. The highest BCUT2D eigenvalue weighted by molar-refractivity contribution is 7.99. The first-order valence-electron chi connectivity index (χ1n) is 6.02. The molecular weight excluding hydrogens is 246 g/mol. The number of furan rings is 1. The molecule has 0 bridgehead atoms. The maximum atomic E-state index is 5.26. The summed E-state index contributed by atoms with van der Waals surface area (Å²) >= 11 is 1.85. The molecular formula is C13H21N3OS. The van der Waals surface area contributed by atoms with Gasteiger partial charge >= 0.3 is 0 Å². The molecule has 0 radical (unpaired) electrons. The number of nitrogens with zero attached hydrogens (tertiary/aromatic N) is 1. The van der Waals surface area contributed by atoms with Crippen molar-refractivity contribution in [3.8, 4) is 0 Å². The summed E-state index contributed by atoms with van der Waals surface area (Å²) in [5.41, 5.74) is 0. The summed E-state index contributed by atoms with van der Waals surface area (Å²) in [6, 6.07) is 3.88. The fourth-order valence-corrected chi connectivity index (χ4v) is 1.97. The van der Waals surface area contributed by atoms with E-state index in [1.165, 1.54) is 0 Å². The number of thioether (sulfide) groups is 1. The second-order valence-electron chi connectivity index (χ2n) is 3.62. The van der Waals surface area contributed by atoms with Gasteiger partial charge < -0.3 is 15.1 Å². The smallest absolute Gasteiger partial charge is 0.191 e. The molecule has 1 heterocycles. The molecule has 1 aromatic rings. The SMILES string of the molecule is C=CCSCCNC(=NC)NCCc1ccco1. The van der Waals surface area contributed by atoms with Gasteiger partial charge in [0.15, 0.2) is 5.96 Å². The van der Waals surface area contributed by atoms with Crippen LogP contribution in [0.5, 0.6) is 0 Å². The molecule has 0 fully saturated rings. The minimum atomic E-state index is 0.812. The van der Waals surface area contributed by atoms with Gasteiger partial charge in [-0.3, -0.25) is 4.99 Å². The summed E-state index contributed by atoms with van der Waals surface area (Å²) in [6.07, 6.45) is 4.47. The van der Waals surface area contributed by atoms with Gasteiger partial charge in [-0.2, -0.15) is 11.8 Å². The Morgan fingerprint density at radius 1 is 1.50 bits per heavy atom. The molecule has 0 aliphatic heterocycles. The van der Waals surface area contributed by atoms with Gasteiger partial charge in [-0.15, -0.1) is 6.58 Å². The zero-order valence-corrected chi connectivity index (χ0v) is 11.6. The molecule has 0 saturated carbocycles. The van der Waals surface area contributed by atoms with Gasteiger partial charge in [0, 0.05) is 38.1 Å². The first-order chi connectivity index (χ1) is 8.86. The van der Waals surface area contributed by atoms with Gasteiger partial charge in [0.25, 0.3) is 0 Å². The first-order valence-corrected chi connectivity index (χ1v) is 7.18. The second-order valence-corrected chi connectivity index (χ2v) is 4.77. The maximum Gasteiger partial charge on any atom is 0.191 e. The van der Waals surface area contributed by atoms with Gasteiger partial charge in [-0.25, -0.2) is 0 Å². The Morgan fingerprint density at radius 3 is 3.00 bits per heavy atom. The lowest BCUT2D eigenvalue weighted by molar-refractivity contribution is 0.507. The van der Waals surface area contributed by atoms with Crippen LogP contribution in [-0.4, -0.2) is 37.6 Å². The van der Waals surface area contributed by atoms with Crippen LogP contribution in [-0.2, 0) is 6.42 Å². The summed E-state index contributed by atoms with van der Waals surface area (Å²) in [5, 5.41) is 6.51. The average Bonchev–Trinajstić information content (AvgIpc) is 2.89. The molecule has 2 N–H and O–H groups in total. The van der Waals surface area contributed by atoms with Crippen LogP contribution in [0.15, 0.2) is 40.5 Å². The van der Waals surface area contributed by atoms with E-state index in [2.05, 4.69) is 22.2 Å². The van der Waals surface area contributed by atoms with Crippen molar-refractivity contribution in [1.82, 2.24) is 10.6 Å². The molecule has 100 valence electrons. The van der Waals surface area contributed by atoms with Crippen molar-refractivity contribution in [3.63, 3.8) is 0 Å². The third-order valence-electron chi connectivity index (χ3n) is 2.24. The van der Waals surface area contributed by atoms with Crippen LogP contribution in [0.1, 0.15) is 5.76 Å². The molecule has 0 aliphatic carbocycles. The minimum absolute atomic E-state index is 0.812. The number of hydrogen-bond donors (Lipinski definition) is 2. The number of guanidine groups is 1. The van der Waals surface area contributed by atoms with Gasteiger partial charge in [0.1, 0.15) is 5.76 Å². The second kappa shape index (κ2) is 9.65. The van der Waals surface area contributed by atoms with Crippen molar-refractivity contribution in [2.45, 2.75) is 6.42 Å². The van der Waals surface area contributed by atoms with Crippen LogP contribution in [0.3, 0.4) is 0 Å². The lowest BCUT2D eigenvalue weighted by Crippen LogP contribution is -2.39. The third-order valence-corrected chi connectivity index (χ3v) is 3.21. The highest BCUT2D eigenvalue weighted by atomic mass is 32.2. The molecule has 0 unspecified atom stereocenters. The molecule has 1 aromatic heterocycles. The highest BCUT2D eigenvalue weighted by Gasteiger charge is 1.98. The van der Waals surface area contributed by atoms with E-state index >= 15 is 0 Å². The summed E-state index contributed by atoms with van der Waals surface area (Å²) in [4.78, 5) is 4.16. The van der Waals surface area contributed by atoms with Crippen molar-refractivity contribution in [1.29, 1.82) is 0 Å². The monoisotopic (exact) mass is 267 g/mol. The van der Waals surface area contributed by atoms with E-state index in [0.717, 1.165) is 42.7 Å². The average molecular weight is 267 g/mol. The Kier molecular flexibility index (Phi) is 7.88. The normalized spacial score (nSPS) is 11.3. The molecule has 0 atom stereocenters.